The standard InChI is InChI=1S/C22H28O4/c1-15(2)25-21-11-17(12-22(13-21)26-16(3)4)10-19(14-23)18-6-8-20(24-5)9-7-18/h6-13,15-16,23H,14H2,1-5H3/b19-10-. The molecule has 140 valence electrons. The van der Waals surface area contributed by atoms with Crippen molar-refractivity contribution in [2.45, 2.75) is 39.9 Å². The second-order valence-corrected chi connectivity index (χ2v) is 6.63. The molecule has 0 unspecified atom stereocenters. The molecule has 0 bridgehead atoms. The third-order valence-electron chi connectivity index (χ3n) is 3.62. The molecule has 0 heterocycles. The van der Waals surface area contributed by atoms with Crippen LogP contribution >= 0.6 is 0 Å². The van der Waals surface area contributed by atoms with E-state index in [0.717, 1.165) is 33.9 Å². The molecule has 0 radical (unpaired) electrons. The Balaban J connectivity index is 2.40. The van der Waals surface area contributed by atoms with Gasteiger partial charge in [0.05, 0.1) is 25.9 Å². The lowest BCUT2D eigenvalue weighted by molar-refractivity contribution is 0.229. The molecule has 0 aliphatic heterocycles. The number of hydrogen-bond donors (Lipinski definition) is 1. The van der Waals surface area contributed by atoms with Crippen LogP contribution in [0.3, 0.4) is 0 Å². The fourth-order valence-corrected chi connectivity index (χ4v) is 2.58. The molecule has 26 heavy (non-hydrogen) atoms. The van der Waals surface area contributed by atoms with Crippen LogP contribution < -0.4 is 14.2 Å². The van der Waals surface area contributed by atoms with E-state index in [2.05, 4.69) is 0 Å². The Hall–Kier alpha value is -2.46. The van der Waals surface area contributed by atoms with E-state index in [9.17, 15) is 5.11 Å². The molecule has 0 amide bonds. The zero-order valence-electron chi connectivity index (χ0n) is 16.2. The van der Waals surface area contributed by atoms with Gasteiger partial charge in [-0.15, -0.1) is 0 Å². The Morgan fingerprint density at radius 2 is 1.42 bits per heavy atom. The predicted molar refractivity (Wildman–Crippen MR) is 106 cm³/mol. The number of aliphatic hydroxyl groups is 1. The van der Waals surface area contributed by atoms with Gasteiger partial charge in [-0.25, -0.2) is 0 Å². The van der Waals surface area contributed by atoms with Crippen LogP contribution in [0.25, 0.3) is 11.6 Å². The minimum atomic E-state index is -0.0675. The van der Waals surface area contributed by atoms with Gasteiger partial charge in [0.2, 0.25) is 0 Å². The first kappa shape index (κ1) is 19.9. The summed E-state index contributed by atoms with van der Waals surface area (Å²) in [6.45, 7) is 7.88. The summed E-state index contributed by atoms with van der Waals surface area (Å²) in [4.78, 5) is 0. The van der Waals surface area contributed by atoms with Crippen molar-refractivity contribution in [3.05, 3.63) is 53.6 Å². The van der Waals surface area contributed by atoms with Crippen molar-refractivity contribution in [3.63, 3.8) is 0 Å². The van der Waals surface area contributed by atoms with Crippen molar-refractivity contribution < 1.29 is 19.3 Å². The van der Waals surface area contributed by atoms with Crippen LogP contribution in [0.5, 0.6) is 17.2 Å². The number of aliphatic hydroxyl groups excluding tert-OH is 1. The maximum atomic E-state index is 9.83. The first-order chi connectivity index (χ1) is 12.4. The Bertz CT molecular complexity index is 702. The second-order valence-electron chi connectivity index (χ2n) is 6.63. The molecule has 2 rings (SSSR count). The van der Waals surface area contributed by atoms with Gasteiger partial charge in [0.1, 0.15) is 17.2 Å². The largest absolute Gasteiger partial charge is 0.497 e. The summed E-state index contributed by atoms with van der Waals surface area (Å²) in [5, 5.41) is 9.83. The summed E-state index contributed by atoms with van der Waals surface area (Å²) in [5.41, 5.74) is 2.67. The summed E-state index contributed by atoms with van der Waals surface area (Å²) >= 11 is 0. The fourth-order valence-electron chi connectivity index (χ4n) is 2.58. The van der Waals surface area contributed by atoms with Gasteiger partial charge in [-0.1, -0.05) is 12.1 Å². The van der Waals surface area contributed by atoms with Crippen molar-refractivity contribution in [1.29, 1.82) is 0 Å². The van der Waals surface area contributed by atoms with E-state index in [0.29, 0.717) is 0 Å². The first-order valence-corrected chi connectivity index (χ1v) is 8.85. The van der Waals surface area contributed by atoms with Gasteiger partial charge >= 0.3 is 0 Å². The van der Waals surface area contributed by atoms with E-state index < -0.39 is 0 Å². The Morgan fingerprint density at radius 1 is 0.885 bits per heavy atom. The fraction of sp³-hybridized carbons (Fsp3) is 0.364. The van der Waals surface area contributed by atoms with Crippen molar-refractivity contribution in [2.75, 3.05) is 13.7 Å². The molecule has 4 heteroatoms. The lowest BCUT2D eigenvalue weighted by atomic mass is 10.0. The lowest BCUT2D eigenvalue weighted by Crippen LogP contribution is -2.08. The molecule has 0 aliphatic carbocycles. The quantitative estimate of drug-likeness (QED) is 0.690. The van der Waals surface area contributed by atoms with Crippen LogP contribution in [-0.4, -0.2) is 31.0 Å². The monoisotopic (exact) mass is 356 g/mol. The van der Waals surface area contributed by atoms with Gasteiger partial charge < -0.3 is 19.3 Å². The topological polar surface area (TPSA) is 47.9 Å². The molecular formula is C22H28O4. The van der Waals surface area contributed by atoms with Gasteiger partial charge in [-0.05, 0) is 74.7 Å². The van der Waals surface area contributed by atoms with E-state index >= 15 is 0 Å². The smallest absolute Gasteiger partial charge is 0.123 e. The van der Waals surface area contributed by atoms with E-state index in [-0.39, 0.29) is 18.8 Å². The Labute approximate surface area is 156 Å². The average molecular weight is 356 g/mol. The van der Waals surface area contributed by atoms with Crippen molar-refractivity contribution in [3.8, 4) is 17.2 Å². The van der Waals surface area contributed by atoms with Crippen LogP contribution in [0, 0.1) is 0 Å². The number of ether oxygens (including phenoxy) is 3. The number of rotatable bonds is 8. The van der Waals surface area contributed by atoms with Crippen LogP contribution in [-0.2, 0) is 0 Å². The Kier molecular flexibility index (Phi) is 7.10. The molecule has 0 atom stereocenters. The molecule has 4 nitrogen and oxygen atoms in total. The molecule has 0 aromatic heterocycles. The molecule has 2 aromatic carbocycles. The minimum absolute atomic E-state index is 0.0675. The summed E-state index contributed by atoms with van der Waals surface area (Å²) < 4.78 is 16.9. The summed E-state index contributed by atoms with van der Waals surface area (Å²) in [7, 11) is 1.63. The maximum absolute atomic E-state index is 9.83. The summed E-state index contributed by atoms with van der Waals surface area (Å²) in [6.07, 6.45) is 2.09. The van der Waals surface area contributed by atoms with Gasteiger partial charge in [0.25, 0.3) is 0 Å². The third kappa shape index (κ3) is 5.81. The van der Waals surface area contributed by atoms with Crippen molar-refractivity contribution in [2.24, 2.45) is 0 Å². The zero-order valence-corrected chi connectivity index (χ0v) is 16.2. The number of benzene rings is 2. The minimum Gasteiger partial charge on any atom is -0.497 e. The molecule has 2 aromatic rings. The predicted octanol–water partition coefficient (Wildman–Crippen LogP) is 4.80. The van der Waals surface area contributed by atoms with Crippen LogP contribution in [0.15, 0.2) is 42.5 Å². The third-order valence-corrected chi connectivity index (χ3v) is 3.62. The number of methoxy groups -OCH3 is 1. The highest BCUT2D eigenvalue weighted by atomic mass is 16.5. The SMILES string of the molecule is COc1ccc(/C(=C\c2cc(OC(C)C)cc(OC(C)C)c2)CO)cc1. The Morgan fingerprint density at radius 3 is 1.85 bits per heavy atom. The molecule has 0 saturated carbocycles. The first-order valence-electron chi connectivity index (χ1n) is 8.85. The second kappa shape index (κ2) is 9.30. The highest BCUT2D eigenvalue weighted by Gasteiger charge is 2.08. The van der Waals surface area contributed by atoms with E-state index in [1.165, 1.54) is 0 Å². The number of hydrogen-bond acceptors (Lipinski definition) is 4. The molecule has 0 fully saturated rings. The van der Waals surface area contributed by atoms with Gasteiger partial charge in [-0.3, -0.25) is 0 Å². The van der Waals surface area contributed by atoms with Crippen LogP contribution in [0.1, 0.15) is 38.8 Å². The van der Waals surface area contributed by atoms with Gasteiger partial charge in [0.15, 0.2) is 0 Å². The average Bonchev–Trinajstić information content (AvgIpc) is 2.58. The highest BCUT2D eigenvalue weighted by Crippen LogP contribution is 2.28. The molecule has 0 saturated heterocycles. The van der Waals surface area contributed by atoms with Crippen molar-refractivity contribution >= 4 is 11.6 Å². The van der Waals surface area contributed by atoms with E-state index in [1.807, 2.05) is 76.2 Å². The highest BCUT2D eigenvalue weighted by molar-refractivity contribution is 5.82. The van der Waals surface area contributed by atoms with Crippen LogP contribution in [0.2, 0.25) is 0 Å². The molecule has 0 aliphatic rings. The molecule has 0 spiro atoms. The maximum Gasteiger partial charge on any atom is 0.123 e. The van der Waals surface area contributed by atoms with Gasteiger partial charge in [-0.2, -0.15) is 0 Å². The summed E-state index contributed by atoms with van der Waals surface area (Å²) in [6, 6.07) is 13.4. The van der Waals surface area contributed by atoms with Gasteiger partial charge in [0, 0.05) is 6.07 Å². The normalized spacial score (nSPS) is 11.8. The van der Waals surface area contributed by atoms with E-state index in [4.69, 9.17) is 14.2 Å². The van der Waals surface area contributed by atoms with Crippen LogP contribution in [0.4, 0.5) is 0 Å². The lowest BCUT2D eigenvalue weighted by Gasteiger charge is -2.15. The van der Waals surface area contributed by atoms with Crippen molar-refractivity contribution in [1.82, 2.24) is 0 Å². The molecule has 1 N–H and O–H groups in total. The van der Waals surface area contributed by atoms with E-state index in [1.54, 1.807) is 7.11 Å². The molecular weight excluding hydrogens is 328 g/mol. The summed E-state index contributed by atoms with van der Waals surface area (Å²) in [5.74, 6) is 2.28. The zero-order chi connectivity index (χ0) is 19.1.